The zero-order valence-corrected chi connectivity index (χ0v) is 15.0. The van der Waals surface area contributed by atoms with Crippen LogP contribution in [0.3, 0.4) is 0 Å². The largest absolute Gasteiger partial charge is 0.356 e. The number of carbonyl (C=O) groups is 2. The van der Waals surface area contributed by atoms with Gasteiger partial charge in [0.2, 0.25) is 0 Å². The van der Waals surface area contributed by atoms with Crippen LogP contribution in [0.25, 0.3) is 0 Å². The predicted molar refractivity (Wildman–Crippen MR) is 103 cm³/mol. The van der Waals surface area contributed by atoms with Gasteiger partial charge in [-0.05, 0) is 11.1 Å². The molecule has 2 aliphatic heterocycles. The molecule has 4 heteroatoms. The van der Waals surface area contributed by atoms with Gasteiger partial charge in [0, 0.05) is 11.1 Å². The zero-order chi connectivity index (χ0) is 19.1. The monoisotopic (exact) mass is 370 g/mol. The van der Waals surface area contributed by atoms with Crippen molar-refractivity contribution in [2.75, 3.05) is 0 Å². The van der Waals surface area contributed by atoms with E-state index >= 15 is 0 Å². The molecule has 2 heterocycles. The van der Waals surface area contributed by atoms with Gasteiger partial charge in [0.25, 0.3) is 0 Å². The number of ether oxygens (including phenoxy) is 2. The molecule has 0 spiro atoms. The molecule has 0 bridgehead atoms. The Labute approximate surface area is 162 Å². The first-order valence-corrected chi connectivity index (χ1v) is 9.32. The highest BCUT2D eigenvalue weighted by atomic mass is 16.6. The number of Topliss-reactive ketones (excluding diaryl/α,β-unsaturated/α-hetero) is 2. The van der Waals surface area contributed by atoms with E-state index in [2.05, 4.69) is 0 Å². The number of hydrogen-bond donors (Lipinski definition) is 0. The fourth-order valence-corrected chi connectivity index (χ4v) is 3.58. The predicted octanol–water partition coefficient (Wildman–Crippen LogP) is 4.33. The maximum Gasteiger partial charge on any atom is 0.194 e. The lowest BCUT2D eigenvalue weighted by Gasteiger charge is -2.01. The van der Waals surface area contributed by atoms with Gasteiger partial charge < -0.3 is 9.47 Å². The summed E-state index contributed by atoms with van der Waals surface area (Å²) in [4.78, 5) is 25.1. The Morgan fingerprint density at radius 2 is 1.00 bits per heavy atom. The number of ketones is 2. The van der Waals surface area contributed by atoms with Crippen LogP contribution in [0, 0.1) is 0 Å². The Morgan fingerprint density at radius 1 is 0.571 bits per heavy atom. The molecule has 0 aliphatic carbocycles. The van der Waals surface area contributed by atoms with Crippen LogP contribution in [0.4, 0.5) is 0 Å². The van der Waals surface area contributed by atoms with Gasteiger partial charge in [-0.25, -0.2) is 0 Å². The Hall–Kier alpha value is -3.08. The van der Waals surface area contributed by atoms with Gasteiger partial charge in [0.1, 0.15) is 12.2 Å². The second-order valence-electron chi connectivity index (χ2n) is 7.09. The van der Waals surface area contributed by atoms with Crippen molar-refractivity contribution in [2.24, 2.45) is 0 Å². The Kier molecular flexibility index (Phi) is 4.15. The summed E-state index contributed by atoms with van der Waals surface area (Å²) < 4.78 is 11.3. The number of epoxide rings is 2. The molecule has 0 N–H and O–H groups in total. The fourth-order valence-electron chi connectivity index (χ4n) is 3.58. The second kappa shape index (κ2) is 6.82. The standard InChI is InChI=1S/C24H18O4/c25-19(15-8-3-1-4-9-15)23-21(27-23)17-12-7-13-18(14-17)22-24(28-22)20(26)16-10-5-2-6-11-16/h1-14,21-24H. The van der Waals surface area contributed by atoms with Crippen LogP contribution < -0.4 is 0 Å². The molecule has 3 aromatic carbocycles. The lowest BCUT2D eigenvalue weighted by Crippen LogP contribution is -2.08. The molecule has 28 heavy (non-hydrogen) atoms. The number of rotatable bonds is 6. The number of benzene rings is 3. The molecular weight excluding hydrogens is 352 g/mol. The number of carbonyl (C=O) groups excluding carboxylic acids is 2. The van der Waals surface area contributed by atoms with Crippen molar-refractivity contribution in [3.05, 3.63) is 107 Å². The van der Waals surface area contributed by atoms with Gasteiger partial charge in [-0.2, -0.15) is 0 Å². The molecule has 0 radical (unpaired) electrons. The van der Waals surface area contributed by atoms with Gasteiger partial charge in [0.15, 0.2) is 23.8 Å². The van der Waals surface area contributed by atoms with Crippen LogP contribution in [-0.4, -0.2) is 23.8 Å². The van der Waals surface area contributed by atoms with E-state index < -0.39 is 12.2 Å². The van der Waals surface area contributed by atoms with Gasteiger partial charge in [-0.15, -0.1) is 0 Å². The number of hydrogen-bond acceptors (Lipinski definition) is 4. The SMILES string of the molecule is O=C(c1ccccc1)C1OC1c1cccc(C2OC2C(=O)c2ccccc2)c1. The summed E-state index contributed by atoms with van der Waals surface area (Å²) in [6.07, 6.45) is -1.37. The highest BCUT2D eigenvalue weighted by Gasteiger charge is 2.48. The summed E-state index contributed by atoms with van der Waals surface area (Å²) >= 11 is 0. The van der Waals surface area contributed by atoms with Crippen molar-refractivity contribution >= 4 is 11.6 Å². The summed E-state index contributed by atoms with van der Waals surface area (Å²) in [5.74, 6) is -0.00776. The first-order valence-electron chi connectivity index (χ1n) is 9.32. The van der Waals surface area contributed by atoms with E-state index in [1.807, 2.05) is 60.7 Å². The molecule has 0 amide bonds. The van der Waals surface area contributed by atoms with Crippen molar-refractivity contribution < 1.29 is 19.1 Å². The molecule has 3 aromatic rings. The Bertz CT molecular complexity index is 948. The van der Waals surface area contributed by atoms with Crippen LogP contribution >= 0.6 is 0 Å². The average molecular weight is 370 g/mol. The lowest BCUT2D eigenvalue weighted by atomic mass is 9.98. The molecule has 2 fully saturated rings. The molecule has 4 nitrogen and oxygen atoms in total. The summed E-state index contributed by atoms with van der Waals surface area (Å²) in [6, 6.07) is 26.1. The second-order valence-corrected chi connectivity index (χ2v) is 7.09. The highest BCUT2D eigenvalue weighted by Crippen LogP contribution is 2.45. The van der Waals surface area contributed by atoms with Gasteiger partial charge in [-0.3, -0.25) is 9.59 Å². The third kappa shape index (κ3) is 3.17. The van der Waals surface area contributed by atoms with Crippen molar-refractivity contribution in [3.8, 4) is 0 Å². The van der Waals surface area contributed by atoms with Crippen molar-refractivity contribution in [3.63, 3.8) is 0 Å². The Morgan fingerprint density at radius 3 is 1.43 bits per heavy atom. The minimum absolute atomic E-state index is 0.00388. The van der Waals surface area contributed by atoms with E-state index in [1.165, 1.54) is 0 Å². The van der Waals surface area contributed by atoms with E-state index in [-0.39, 0.29) is 23.8 Å². The maximum absolute atomic E-state index is 12.5. The molecular formula is C24H18O4. The molecule has 2 aliphatic rings. The van der Waals surface area contributed by atoms with Crippen molar-refractivity contribution in [2.45, 2.75) is 24.4 Å². The molecule has 4 unspecified atom stereocenters. The first-order chi connectivity index (χ1) is 13.7. The van der Waals surface area contributed by atoms with Crippen LogP contribution in [0.5, 0.6) is 0 Å². The molecule has 5 rings (SSSR count). The molecule has 138 valence electrons. The van der Waals surface area contributed by atoms with E-state index in [4.69, 9.17) is 9.47 Å². The van der Waals surface area contributed by atoms with E-state index in [9.17, 15) is 9.59 Å². The minimum atomic E-state index is -0.445. The van der Waals surface area contributed by atoms with Crippen molar-refractivity contribution in [1.29, 1.82) is 0 Å². The summed E-state index contributed by atoms with van der Waals surface area (Å²) in [6.45, 7) is 0. The fraction of sp³-hybridized carbons (Fsp3) is 0.167. The third-order valence-corrected chi connectivity index (χ3v) is 5.18. The molecule has 2 saturated heterocycles. The van der Waals surface area contributed by atoms with Gasteiger partial charge >= 0.3 is 0 Å². The van der Waals surface area contributed by atoms with Crippen LogP contribution in [0.1, 0.15) is 44.1 Å². The smallest absolute Gasteiger partial charge is 0.194 e. The molecule has 0 saturated carbocycles. The zero-order valence-electron chi connectivity index (χ0n) is 15.0. The lowest BCUT2D eigenvalue weighted by molar-refractivity contribution is 0.0947. The van der Waals surface area contributed by atoms with E-state index in [1.54, 1.807) is 24.3 Å². The van der Waals surface area contributed by atoms with Gasteiger partial charge in [0.05, 0.1) is 0 Å². The molecule has 4 atom stereocenters. The van der Waals surface area contributed by atoms with Crippen LogP contribution in [0.2, 0.25) is 0 Å². The highest BCUT2D eigenvalue weighted by molar-refractivity contribution is 6.02. The quantitative estimate of drug-likeness (QED) is 0.479. The third-order valence-electron chi connectivity index (χ3n) is 5.18. The maximum atomic E-state index is 12.5. The van der Waals surface area contributed by atoms with Gasteiger partial charge in [-0.1, -0.05) is 84.9 Å². The topological polar surface area (TPSA) is 59.2 Å². The minimum Gasteiger partial charge on any atom is -0.356 e. The average Bonchev–Trinajstić information content (AvgIpc) is 3.68. The first kappa shape index (κ1) is 17.0. The summed E-state index contributed by atoms with van der Waals surface area (Å²) in [5.41, 5.74) is 3.19. The molecule has 0 aromatic heterocycles. The Balaban J connectivity index is 1.28. The normalized spacial score (nSPS) is 25.1. The van der Waals surface area contributed by atoms with Crippen LogP contribution in [-0.2, 0) is 9.47 Å². The van der Waals surface area contributed by atoms with Crippen molar-refractivity contribution in [1.82, 2.24) is 0 Å². The van der Waals surface area contributed by atoms with E-state index in [0.29, 0.717) is 11.1 Å². The summed E-state index contributed by atoms with van der Waals surface area (Å²) in [5, 5.41) is 0. The van der Waals surface area contributed by atoms with Crippen LogP contribution in [0.15, 0.2) is 84.9 Å². The summed E-state index contributed by atoms with van der Waals surface area (Å²) in [7, 11) is 0. The van der Waals surface area contributed by atoms with E-state index in [0.717, 1.165) is 11.1 Å².